The Bertz CT molecular complexity index is 1230. The van der Waals surface area contributed by atoms with E-state index in [-0.39, 0.29) is 31.5 Å². The Hall–Kier alpha value is -3.83. The van der Waals surface area contributed by atoms with Crippen molar-refractivity contribution < 1.29 is 38.4 Å². The number of carbonyl (C=O) groups is 3. The molecule has 3 amide bonds. The number of benzene rings is 2. The molecule has 0 radical (unpaired) electrons. The van der Waals surface area contributed by atoms with E-state index in [1.165, 1.54) is 0 Å². The van der Waals surface area contributed by atoms with Crippen LogP contribution in [0.15, 0.2) is 48.5 Å². The highest BCUT2D eigenvalue weighted by Gasteiger charge is 2.33. The number of methoxy groups -OCH3 is 1. The van der Waals surface area contributed by atoms with Crippen LogP contribution in [0.3, 0.4) is 0 Å². The van der Waals surface area contributed by atoms with Gasteiger partial charge in [-0.15, -0.1) is 0 Å². The van der Waals surface area contributed by atoms with Crippen molar-refractivity contribution in [2.45, 2.75) is 77.7 Å². The van der Waals surface area contributed by atoms with Crippen LogP contribution in [-0.2, 0) is 31.9 Å². The fourth-order valence-corrected chi connectivity index (χ4v) is 4.89. The SMILES string of the molecule is COCCNC(=O)C(NC(=O)C(Cc1ccc2c(c1)OCO2)CC(O)C(Cc1ccccc1)NC(=O)OC(C)(C)C)C(C)C. The second-order valence-electron chi connectivity index (χ2n) is 12.3. The van der Waals surface area contributed by atoms with E-state index in [9.17, 15) is 19.5 Å². The first-order valence-corrected chi connectivity index (χ1v) is 15.0. The van der Waals surface area contributed by atoms with Crippen LogP contribution in [0.5, 0.6) is 11.5 Å². The summed E-state index contributed by atoms with van der Waals surface area (Å²) in [5, 5.41) is 20.1. The number of rotatable bonds is 15. The molecular formula is C33H47N3O8. The Morgan fingerprint density at radius 2 is 1.64 bits per heavy atom. The quantitative estimate of drug-likeness (QED) is 0.224. The second-order valence-corrected chi connectivity index (χ2v) is 12.3. The normalized spacial score (nSPS) is 15.2. The van der Waals surface area contributed by atoms with Gasteiger partial charge in [-0.2, -0.15) is 0 Å². The molecule has 1 heterocycles. The fourth-order valence-electron chi connectivity index (χ4n) is 4.89. The molecule has 0 bridgehead atoms. The van der Waals surface area contributed by atoms with Crippen molar-refractivity contribution in [3.63, 3.8) is 0 Å². The average Bonchev–Trinajstić information content (AvgIpc) is 3.42. The second kappa shape index (κ2) is 16.3. The van der Waals surface area contributed by atoms with Crippen molar-refractivity contribution in [1.29, 1.82) is 0 Å². The van der Waals surface area contributed by atoms with E-state index in [1.54, 1.807) is 33.9 Å². The van der Waals surface area contributed by atoms with Crippen LogP contribution in [0.4, 0.5) is 4.79 Å². The van der Waals surface area contributed by atoms with E-state index in [1.807, 2.05) is 56.3 Å². The first-order chi connectivity index (χ1) is 20.9. The van der Waals surface area contributed by atoms with Crippen LogP contribution in [0.25, 0.3) is 0 Å². The Labute approximate surface area is 260 Å². The molecule has 0 saturated heterocycles. The molecule has 4 atom stereocenters. The van der Waals surface area contributed by atoms with Crippen molar-refractivity contribution in [3.8, 4) is 11.5 Å². The summed E-state index contributed by atoms with van der Waals surface area (Å²) >= 11 is 0. The Balaban J connectivity index is 1.85. The van der Waals surface area contributed by atoms with Crippen LogP contribution < -0.4 is 25.4 Å². The summed E-state index contributed by atoms with van der Waals surface area (Å²) in [5.74, 6) is -0.464. The third-order valence-corrected chi connectivity index (χ3v) is 7.13. The Morgan fingerprint density at radius 1 is 0.932 bits per heavy atom. The standard InChI is InChI=1S/C33H47N3O8/c1-21(2)29(31(39)34-14-15-41-6)36-30(38)24(16-23-12-13-27-28(18-23)43-20-42-27)19-26(37)25(17-22-10-8-7-9-11-22)35-32(40)44-33(3,4)5/h7-13,18,21,24-26,29,37H,14-17,19-20H2,1-6H3,(H,34,39)(H,35,40)(H,36,38). The van der Waals surface area contributed by atoms with E-state index in [0.29, 0.717) is 31.1 Å². The van der Waals surface area contributed by atoms with Gasteiger partial charge in [-0.1, -0.05) is 50.2 Å². The molecule has 0 aliphatic carbocycles. The van der Waals surface area contributed by atoms with E-state index >= 15 is 0 Å². The van der Waals surface area contributed by atoms with Gasteiger partial charge in [-0.3, -0.25) is 9.59 Å². The summed E-state index contributed by atoms with van der Waals surface area (Å²) < 4.78 is 21.5. The van der Waals surface area contributed by atoms with E-state index in [4.69, 9.17) is 18.9 Å². The van der Waals surface area contributed by atoms with E-state index < -0.39 is 41.7 Å². The van der Waals surface area contributed by atoms with Crippen molar-refractivity contribution >= 4 is 17.9 Å². The minimum absolute atomic E-state index is 0.00365. The van der Waals surface area contributed by atoms with Gasteiger partial charge in [-0.05, 0) is 69.2 Å². The zero-order valence-corrected chi connectivity index (χ0v) is 26.6. The Morgan fingerprint density at radius 3 is 2.30 bits per heavy atom. The summed E-state index contributed by atoms with van der Waals surface area (Å²) in [6.07, 6.45) is -1.22. The minimum atomic E-state index is -1.12. The van der Waals surface area contributed by atoms with Gasteiger partial charge in [0.2, 0.25) is 18.6 Å². The van der Waals surface area contributed by atoms with Crippen LogP contribution in [0.1, 0.15) is 52.2 Å². The summed E-state index contributed by atoms with van der Waals surface area (Å²) in [5.41, 5.74) is 0.966. The molecule has 1 aliphatic heterocycles. The molecule has 4 N–H and O–H groups in total. The topological polar surface area (TPSA) is 144 Å². The molecule has 4 unspecified atom stereocenters. The maximum atomic E-state index is 13.9. The summed E-state index contributed by atoms with van der Waals surface area (Å²) in [6.45, 7) is 9.76. The predicted molar refractivity (Wildman–Crippen MR) is 165 cm³/mol. The molecule has 11 nitrogen and oxygen atoms in total. The van der Waals surface area contributed by atoms with Crippen molar-refractivity contribution in [1.82, 2.24) is 16.0 Å². The van der Waals surface area contributed by atoms with Gasteiger partial charge in [0.15, 0.2) is 11.5 Å². The molecule has 242 valence electrons. The third-order valence-electron chi connectivity index (χ3n) is 7.13. The molecular weight excluding hydrogens is 566 g/mol. The zero-order chi connectivity index (χ0) is 32.3. The molecule has 2 aromatic carbocycles. The van der Waals surface area contributed by atoms with Gasteiger partial charge in [0.05, 0.1) is 18.8 Å². The van der Waals surface area contributed by atoms with Gasteiger partial charge >= 0.3 is 6.09 Å². The number of aliphatic hydroxyl groups is 1. The molecule has 2 aromatic rings. The lowest BCUT2D eigenvalue weighted by Crippen LogP contribution is -2.53. The summed E-state index contributed by atoms with van der Waals surface area (Å²) in [4.78, 5) is 39.6. The highest BCUT2D eigenvalue weighted by atomic mass is 16.7. The number of amides is 3. The molecule has 0 saturated carbocycles. The average molecular weight is 614 g/mol. The summed E-state index contributed by atoms with van der Waals surface area (Å²) in [7, 11) is 1.54. The number of fused-ring (bicyclic) bond motifs is 1. The van der Waals surface area contributed by atoms with Crippen LogP contribution >= 0.6 is 0 Å². The van der Waals surface area contributed by atoms with Crippen molar-refractivity contribution in [2.24, 2.45) is 11.8 Å². The Kier molecular flexibility index (Phi) is 12.8. The maximum absolute atomic E-state index is 13.9. The lowest BCUT2D eigenvalue weighted by atomic mass is 9.88. The van der Waals surface area contributed by atoms with Gasteiger partial charge in [0.25, 0.3) is 0 Å². The number of nitrogens with one attached hydrogen (secondary N) is 3. The largest absolute Gasteiger partial charge is 0.454 e. The lowest BCUT2D eigenvalue weighted by molar-refractivity contribution is -0.132. The lowest BCUT2D eigenvalue weighted by Gasteiger charge is -2.30. The molecule has 3 rings (SSSR count). The molecule has 1 aliphatic rings. The van der Waals surface area contributed by atoms with Gasteiger partial charge in [0, 0.05) is 19.6 Å². The molecule has 0 fully saturated rings. The number of alkyl carbamates (subject to hydrolysis) is 1. The highest BCUT2D eigenvalue weighted by molar-refractivity contribution is 5.88. The summed E-state index contributed by atoms with van der Waals surface area (Å²) in [6, 6.07) is 13.4. The monoisotopic (exact) mass is 613 g/mol. The molecule has 0 aromatic heterocycles. The van der Waals surface area contributed by atoms with Crippen molar-refractivity contribution in [2.75, 3.05) is 27.1 Å². The predicted octanol–water partition coefficient (Wildman–Crippen LogP) is 3.36. The third kappa shape index (κ3) is 11.0. The van der Waals surface area contributed by atoms with Crippen LogP contribution in [-0.4, -0.2) is 73.9 Å². The number of aliphatic hydroxyl groups excluding tert-OH is 1. The number of carbonyl (C=O) groups excluding carboxylic acids is 3. The number of ether oxygens (including phenoxy) is 4. The van der Waals surface area contributed by atoms with Crippen molar-refractivity contribution in [3.05, 3.63) is 59.7 Å². The molecule has 11 heteroatoms. The number of hydrogen-bond donors (Lipinski definition) is 4. The zero-order valence-electron chi connectivity index (χ0n) is 26.6. The number of hydrogen-bond acceptors (Lipinski definition) is 8. The van der Waals surface area contributed by atoms with Gasteiger partial charge in [0.1, 0.15) is 11.6 Å². The highest BCUT2D eigenvalue weighted by Crippen LogP contribution is 2.33. The molecule has 44 heavy (non-hydrogen) atoms. The molecule has 0 spiro atoms. The van der Waals surface area contributed by atoms with Gasteiger partial charge in [-0.25, -0.2) is 4.79 Å². The maximum Gasteiger partial charge on any atom is 0.407 e. The van der Waals surface area contributed by atoms with E-state index in [0.717, 1.165) is 11.1 Å². The van der Waals surface area contributed by atoms with Gasteiger partial charge < -0.3 is 40.0 Å². The van der Waals surface area contributed by atoms with Crippen LogP contribution in [0, 0.1) is 11.8 Å². The fraction of sp³-hybridized carbons (Fsp3) is 0.545. The van der Waals surface area contributed by atoms with Crippen LogP contribution in [0.2, 0.25) is 0 Å². The van der Waals surface area contributed by atoms with E-state index in [2.05, 4.69) is 16.0 Å². The minimum Gasteiger partial charge on any atom is -0.454 e. The first kappa shape index (κ1) is 34.7. The first-order valence-electron chi connectivity index (χ1n) is 15.0. The smallest absolute Gasteiger partial charge is 0.407 e.